The van der Waals surface area contributed by atoms with Gasteiger partial charge < -0.3 is 14.8 Å². The number of benzene rings is 2. The van der Waals surface area contributed by atoms with Crippen LogP contribution < -0.4 is 5.32 Å². The van der Waals surface area contributed by atoms with Crippen LogP contribution >= 0.6 is 11.3 Å². The van der Waals surface area contributed by atoms with Crippen LogP contribution in [0.25, 0.3) is 21.8 Å². The number of carbonyl (C=O) groups is 2. The molecule has 0 aliphatic carbocycles. The van der Waals surface area contributed by atoms with Crippen LogP contribution in [0, 0.1) is 6.92 Å². The van der Waals surface area contributed by atoms with Crippen molar-refractivity contribution in [2.24, 2.45) is 0 Å². The summed E-state index contributed by atoms with van der Waals surface area (Å²) in [4.78, 5) is 31.6. The van der Waals surface area contributed by atoms with E-state index in [0.29, 0.717) is 22.5 Å². The summed E-state index contributed by atoms with van der Waals surface area (Å²) in [5.41, 5.74) is 5.76. The zero-order chi connectivity index (χ0) is 24.4. The van der Waals surface area contributed by atoms with Crippen molar-refractivity contribution in [3.63, 3.8) is 0 Å². The van der Waals surface area contributed by atoms with Gasteiger partial charge in [0.05, 0.1) is 37.0 Å². The smallest absolute Gasteiger partial charge is 0.336 e. The lowest BCUT2D eigenvalue weighted by Gasteiger charge is -2.30. The number of aromatic nitrogens is 1. The Kier molecular flexibility index (Phi) is 6.65. The zero-order valence-corrected chi connectivity index (χ0v) is 20.6. The topological polar surface area (TPSA) is 77.5 Å². The van der Waals surface area contributed by atoms with Gasteiger partial charge in [0.25, 0.3) is 0 Å². The Bertz CT molecular complexity index is 1280. The summed E-state index contributed by atoms with van der Waals surface area (Å²) in [6, 6.07) is 17.9. The number of aryl methyl sites for hydroxylation is 1. The van der Waals surface area contributed by atoms with Crippen molar-refractivity contribution >= 4 is 23.3 Å². The highest BCUT2D eigenvalue weighted by Gasteiger charge is 2.37. The predicted octanol–water partition coefficient (Wildman–Crippen LogP) is 5.37. The highest BCUT2D eigenvalue weighted by atomic mass is 32.1. The van der Waals surface area contributed by atoms with Crippen molar-refractivity contribution in [3.8, 4) is 21.8 Å². The molecule has 4 rings (SSSR count). The van der Waals surface area contributed by atoms with Gasteiger partial charge in [-0.1, -0.05) is 48.5 Å². The number of rotatable bonds is 5. The van der Waals surface area contributed by atoms with Gasteiger partial charge in [0, 0.05) is 27.4 Å². The standard InChI is InChI=1S/C27H26N2O4S/c1-15-21(26(30)32-4)23(22(16(2)28-15)27(31)33-5)19-12-9-13-20(14-19)25-29-24(17(3)34-25)18-10-7-6-8-11-18/h6-14,23,28H,1-5H3. The van der Waals surface area contributed by atoms with Crippen molar-refractivity contribution in [1.29, 1.82) is 0 Å². The van der Waals surface area contributed by atoms with Crippen molar-refractivity contribution in [3.05, 3.63) is 87.6 Å². The number of carbonyl (C=O) groups excluding carboxylic acids is 2. The van der Waals surface area contributed by atoms with Crippen LogP contribution in [0.1, 0.15) is 30.2 Å². The second-order valence-corrected chi connectivity index (χ2v) is 9.24. The summed E-state index contributed by atoms with van der Waals surface area (Å²) in [5, 5.41) is 4.00. The molecule has 0 bridgehead atoms. The summed E-state index contributed by atoms with van der Waals surface area (Å²) in [6.07, 6.45) is 0. The summed E-state index contributed by atoms with van der Waals surface area (Å²) in [5.74, 6) is -1.62. The van der Waals surface area contributed by atoms with Gasteiger partial charge in [-0.2, -0.15) is 0 Å². The minimum Gasteiger partial charge on any atom is -0.466 e. The second-order valence-electron chi connectivity index (χ2n) is 8.03. The molecule has 0 amide bonds. The maximum atomic E-state index is 12.8. The molecule has 174 valence electrons. The molecule has 0 unspecified atom stereocenters. The van der Waals surface area contributed by atoms with Gasteiger partial charge in [-0.15, -0.1) is 11.3 Å². The third-order valence-corrected chi connectivity index (χ3v) is 6.90. The first-order valence-corrected chi connectivity index (χ1v) is 11.7. The van der Waals surface area contributed by atoms with Gasteiger partial charge in [0.2, 0.25) is 0 Å². The molecule has 2 heterocycles. The van der Waals surface area contributed by atoms with E-state index in [1.165, 1.54) is 14.2 Å². The average molecular weight is 475 g/mol. The van der Waals surface area contributed by atoms with Gasteiger partial charge in [0.1, 0.15) is 5.01 Å². The summed E-state index contributed by atoms with van der Waals surface area (Å²) in [7, 11) is 2.67. The van der Waals surface area contributed by atoms with E-state index in [0.717, 1.165) is 32.3 Å². The Labute approximate surface area is 202 Å². The second kappa shape index (κ2) is 9.65. The van der Waals surface area contributed by atoms with E-state index in [2.05, 4.69) is 12.2 Å². The third kappa shape index (κ3) is 4.26. The van der Waals surface area contributed by atoms with E-state index in [9.17, 15) is 9.59 Å². The van der Waals surface area contributed by atoms with E-state index in [1.54, 1.807) is 25.2 Å². The van der Waals surface area contributed by atoms with Crippen LogP contribution in [0.4, 0.5) is 0 Å². The highest BCUT2D eigenvalue weighted by Crippen LogP contribution is 2.41. The van der Waals surface area contributed by atoms with E-state index in [-0.39, 0.29) is 0 Å². The van der Waals surface area contributed by atoms with Crippen LogP contribution in [0.5, 0.6) is 0 Å². The number of allylic oxidation sites excluding steroid dienone is 2. The number of methoxy groups -OCH3 is 2. The van der Waals surface area contributed by atoms with E-state index >= 15 is 0 Å². The van der Waals surface area contributed by atoms with Gasteiger partial charge in [-0.05, 0) is 32.4 Å². The molecule has 0 saturated carbocycles. The first kappa shape index (κ1) is 23.4. The zero-order valence-electron chi connectivity index (χ0n) is 19.8. The Hall–Kier alpha value is -3.71. The Morgan fingerprint density at radius 2 is 1.44 bits per heavy atom. The molecule has 0 radical (unpaired) electrons. The van der Waals surface area contributed by atoms with E-state index < -0.39 is 17.9 Å². The number of dihydropyridines is 1. The molecule has 6 nitrogen and oxygen atoms in total. The van der Waals surface area contributed by atoms with Gasteiger partial charge in [-0.25, -0.2) is 14.6 Å². The Balaban J connectivity index is 1.84. The number of nitrogens with one attached hydrogen (secondary N) is 1. The van der Waals surface area contributed by atoms with Crippen LogP contribution in [-0.4, -0.2) is 31.1 Å². The Morgan fingerprint density at radius 3 is 2.03 bits per heavy atom. The minimum atomic E-state index is -0.629. The molecule has 3 aromatic rings. The fourth-order valence-electron chi connectivity index (χ4n) is 4.32. The fraction of sp³-hybridized carbons (Fsp3) is 0.222. The van der Waals surface area contributed by atoms with Gasteiger partial charge in [0.15, 0.2) is 0 Å². The molecular weight excluding hydrogens is 448 g/mol. The molecule has 1 aliphatic heterocycles. The summed E-state index contributed by atoms with van der Waals surface area (Å²) >= 11 is 1.61. The molecule has 7 heteroatoms. The van der Waals surface area contributed by atoms with Crippen molar-refractivity contribution in [2.45, 2.75) is 26.7 Å². The maximum absolute atomic E-state index is 12.8. The molecule has 0 saturated heterocycles. The molecule has 34 heavy (non-hydrogen) atoms. The molecule has 1 aliphatic rings. The summed E-state index contributed by atoms with van der Waals surface area (Å²) in [6.45, 7) is 5.66. The van der Waals surface area contributed by atoms with Crippen molar-refractivity contribution in [2.75, 3.05) is 14.2 Å². The minimum absolute atomic E-state index is 0.381. The van der Waals surface area contributed by atoms with Crippen molar-refractivity contribution in [1.82, 2.24) is 10.3 Å². The van der Waals surface area contributed by atoms with Gasteiger partial charge in [-0.3, -0.25) is 0 Å². The van der Waals surface area contributed by atoms with Crippen molar-refractivity contribution < 1.29 is 19.1 Å². The largest absolute Gasteiger partial charge is 0.466 e. The van der Waals surface area contributed by atoms with E-state index in [1.807, 2.05) is 54.6 Å². The first-order chi connectivity index (χ1) is 16.3. The molecule has 0 fully saturated rings. The molecule has 1 aromatic heterocycles. The number of thiazole rings is 1. The monoisotopic (exact) mass is 474 g/mol. The lowest BCUT2D eigenvalue weighted by molar-refractivity contribution is -0.137. The quantitative estimate of drug-likeness (QED) is 0.501. The number of esters is 2. The molecule has 0 spiro atoms. The molecule has 0 atom stereocenters. The molecular formula is C27H26N2O4S. The first-order valence-electron chi connectivity index (χ1n) is 10.8. The Morgan fingerprint density at radius 1 is 0.853 bits per heavy atom. The number of hydrogen-bond acceptors (Lipinski definition) is 7. The predicted molar refractivity (Wildman–Crippen MR) is 133 cm³/mol. The van der Waals surface area contributed by atoms with Crippen LogP contribution in [0.2, 0.25) is 0 Å². The normalized spacial score (nSPS) is 14.1. The van der Waals surface area contributed by atoms with Crippen LogP contribution in [0.15, 0.2) is 77.1 Å². The lowest BCUT2D eigenvalue weighted by Crippen LogP contribution is -2.32. The lowest BCUT2D eigenvalue weighted by atomic mass is 9.80. The number of ether oxygens (including phenoxy) is 2. The van der Waals surface area contributed by atoms with Gasteiger partial charge >= 0.3 is 11.9 Å². The van der Waals surface area contributed by atoms with Crippen LogP contribution in [-0.2, 0) is 19.1 Å². The highest BCUT2D eigenvalue weighted by molar-refractivity contribution is 7.15. The number of nitrogens with zero attached hydrogens (tertiary/aromatic N) is 1. The average Bonchev–Trinajstić information content (AvgIpc) is 3.25. The fourth-order valence-corrected chi connectivity index (χ4v) is 5.26. The SMILES string of the molecule is COC(=O)C1=C(C)NC(C)=C(C(=O)OC)C1c1cccc(-c2nc(-c3ccccc3)c(C)s2)c1. The molecule has 2 aromatic carbocycles. The van der Waals surface area contributed by atoms with Crippen LogP contribution in [0.3, 0.4) is 0 Å². The van der Waals surface area contributed by atoms with E-state index in [4.69, 9.17) is 14.5 Å². The maximum Gasteiger partial charge on any atom is 0.336 e. The summed E-state index contributed by atoms with van der Waals surface area (Å²) < 4.78 is 10.1. The third-order valence-electron chi connectivity index (χ3n) is 5.88. The molecule has 1 N–H and O–H groups in total. The number of hydrogen-bond donors (Lipinski definition) is 1.